The lowest BCUT2D eigenvalue weighted by Crippen LogP contribution is -2.30. The molecule has 3 N–H and O–H groups in total. The lowest BCUT2D eigenvalue weighted by Gasteiger charge is -2.25. The Morgan fingerprint density at radius 2 is 2.15 bits per heavy atom. The maximum absolute atomic E-state index is 11.8. The molecule has 0 bridgehead atoms. The zero-order valence-electron chi connectivity index (χ0n) is 11.5. The average Bonchev–Trinajstić information content (AvgIpc) is 2.32. The van der Waals surface area contributed by atoms with Crippen LogP contribution < -0.4 is 10.5 Å². The summed E-state index contributed by atoms with van der Waals surface area (Å²) in [4.78, 5) is 1.01. The second-order valence-electron chi connectivity index (χ2n) is 5.22. The van der Waals surface area contributed by atoms with Gasteiger partial charge < -0.3 is 5.73 Å². The molecule has 0 unspecified atom stereocenters. The average molecular weight is 314 g/mol. The van der Waals surface area contributed by atoms with Gasteiger partial charge in [-0.2, -0.15) is 0 Å². The molecule has 1 aliphatic rings. The van der Waals surface area contributed by atoms with Gasteiger partial charge in [-0.3, -0.25) is 0 Å². The summed E-state index contributed by atoms with van der Waals surface area (Å²) in [6.45, 7) is 0.579. The summed E-state index contributed by atoms with van der Waals surface area (Å²) in [5, 5.41) is 0. The van der Waals surface area contributed by atoms with Gasteiger partial charge >= 0.3 is 0 Å². The number of nitrogens with one attached hydrogen (secondary N) is 1. The third-order valence-electron chi connectivity index (χ3n) is 3.58. The minimum Gasteiger partial charge on any atom is -0.399 e. The summed E-state index contributed by atoms with van der Waals surface area (Å²) in [6.07, 6.45) is 4.79. The van der Waals surface area contributed by atoms with Crippen LogP contribution in [0.15, 0.2) is 29.2 Å². The van der Waals surface area contributed by atoms with Gasteiger partial charge in [-0.05, 0) is 30.5 Å². The summed E-state index contributed by atoms with van der Waals surface area (Å²) in [6, 6.07) is 7.50. The van der Waals surface area contributed by atoms with Crippen LogP contribution in [0.25, 0.3) is 0 Å². The second kappa shape index (κ2) is 7.33. The van der Waals surface area contributed by atoms with E-state index in [9.17, 15) is 8.42 Å². The molecule has 6 heteroatoms. The van der Waals surface area contributed by atoms with Gasteiger partial charge in [-0.1, -0.05) is 25.3 Å². The van der Waals surface area contributed by atoms with Gasteiger partial charge in [-0.15, -0.1) is 11.8 Å². The maximum Gasteiger partial charge on any atom is 0.212 e. The Labute approximate surface area is 125 Å². The fourth-order valence-corrected chi connectivity index (χ4v) is 4.56. The van der Waals surface area contributed by atoms with Crippen LogP contribution in [0.5, 0.6) is 0 Å². The smallest absolute Gasteiger partial charge is 0.212 e. The van der Waals surface area contributed by atoms with E-state index in [0.717, 1.165) is 17.2 Å². The van der Waals surface area contributed by atoms with Crippen LogP contribution in [-0.4, -0.2) is 26.5 Å². The van der Waals surface area contributed by atoms with E-state index >= 15 is 0 Å². The third-order valence-corrected chi connectivity index (χ3v) is 6.22. The SMILES string of the molecule is Nc1cccc(SCCS(=O)(=O)NCCC2CCC2)c1. The first kappa shape index (κ1) is 15.7. The number of thioether (sulfide) groups is 1. The van der Waals surface area contributed by atoms with E-state index < -0.39 is 10.0 Å². The van der Waals surface area contributed by atoms with Gasteiger partial charge in [0.25, 0.3) is 0 Å². The number of sulfonamides is 1. The molecule has 0 spiro atoms. The maximum atomic E-state index is 11.8. The number of rotatable bonds is 8. The topological polar surface area (TPSA) is 72.2 Å². The number of benzene rings is 1. The molecule has 0 aliphatic heterocycles. The van der Waals surface area contributed by atoms with Gasteiger partial charge in [0.15, 0.2) is 0 Å². The Morgan fingerprint density at radius 1 is 1.35 bits per heavy atom. The first-order chi connectivity index (χ1) is 9.55. The second-order valence-corrected chi connectivity index (χ2v) is 8.31. The van der Waals surface area contributed by atoms with E-state index in [1.807, 2.05) is 24.3 Å². The molecule has 2 rings (SSSR count). The largest absolute Gasteiger partial charge is 0.399 e. The monoisotopic (exact) mass is 314 g/mol. The van der Waals surface area contributed by atoms with Crippen LogP contribution in [-0.2, 0) is 10.0 Å². The van der Waals surface area contributed by atoms with E-state index in [4.69, 9.17) is 5.73 Å². The fraction of sp³-hybridized carbons (Fsp3) is 0.571. The van der Waals surface area contributed by atoms with Crippen molar-refractivity contribution in [2.24, 2.45) is 5.92 Å². The van der Waals surface area contributed by atoms with E-state index in [1.165, 1.54) is 31.0 Å². The molecule has 0 atom stereocenters. The molecule has 0 heterocycles. The quantitative estimate of drug-likeness (QED) is 0.571. The van der Waals surface area contributed by atoms with Crippen LogP contribution in [0.2, 0.25) is 0 Å². The van der Waals surface area contributed by atoms with E-state index in [1.54, 1.807) is 0 Å². The molecular weight excluding hydrogens is 292 g/mol. The van der Waals surface area contributed by atoms with Crippen LogP contribution in [0.3, 0.4) is 0 Å². The predicted octanol–water partition coefficient (Wildman–Crippen LogP) is 2.47. The van der Waals surface area contributed by atoms with E-state index in [-0.39, 0.29) is 5.75 Å². The molecule has 112 valence electrons. The Morgan fingerprint density at radius 3 is 2.80 bits per heavy atom. The van der Waals surface area contributed by atoms with Crippen molar-refractivity contribution in [2.45, 2.75) is 30.6 Å². The molecule has 1 aromatic rings. The van der Waals surface area contributed by atoms with E-state index in [0.29, 0.717) is 18.0 Å². The Balaban J connectivity index is 1.66. The summed E-state index contributed by atoms with van der Waals surface area (Å²) >= 11 is 1.52. The first-order valence-electron chi connectivity index (χ1n) is 7.01. The van der Waals surface area contributed by atoms with Gasteiger partial charge in [0.2, 0.25) is 10.0 Å². The van der Waals surface area contributed by atoms with Crippen molar-refractivity contribution in [1.29, 1.82) is 0 Å². The molecule has 4 nitrogen and oxygen atoms in total. The molecular formula is C14H22N2O2S2. The van der Waals surface area contributed by atoms with Crippen molar-refractivity contribution in [3.05, 3.63) is 24.3 Å². The zero-order valence-corrected chi connectivity index (χ0v) is 13.2. The highest BCUT2D eigenvalue weighted by atomic mass is 32.2. The number of nitrogens with two attached hydrogens (primary N) is 1. The molecule has 1 fully saturated rings. The van der Waals surface area contributed by atoms with Gasteiger partial charge in [-0.25, -0.2) is 13.1 Å². The first-order valence-corrected chi connectivity index (χ1v) is 9.65. The summed E-state index contributed by atoms with van der Waals surface area (Å²) in [5.74, 6) is 1.43. The Hall–Kier alpha value is -0.720. The minimum absolute atomic E-state index is 0.150. The summed E-state index contributed by atoms with van der Waals surface area (Å²) in [7, 11) is -3.14. The standard InChI is InChI=1S/C14H22N2O2S2/c15-13-5-2-6-14(11-13)19-9-10-20(17,18)16-8-7-12-3-1-4-12/h2,5-6,11-12,16H,1,3-4,7-10,15H2. The molecule has 1 aromatic carbocycles. The highest BCUT2D eigenvalue weighted by molar-refractivity contribution is 8.00. The zero-order chi connectivity index (χ0) is 14.4. The Bertz CT molecular complexity index is 528. The highest BCUT2D eigenvalue weighted by Gasteiger charge is 2.18. The van der Waals surface area contributed by atoms with Crippen molar-refractivity contribution in [1.82, 2.24) is 4.72 Å². The van der Waals surface area contributed by atoms with Crippen molar-refractivity contribution in [2.75, 3.05) is 23.8 Å². The van der Waals surface area contributed by atoms with Crippen molar-refractivity contribution in [3.8, 4) is 0 Å². The normalized spacial score (nSPS) is 16.0. The molecule has 0 radical (unpaired) electrons. The highest BCUT2D eigenvalue weighted by Crippen LogP contribution is 2.28. The predicted molar refractivity (Wildman–Crippen MR) is 85.3 cm³/mol. The number of hydrogen-bond donors (Lipinski definition) is 2. The lowest BCUT2D eigenvalue weighted by atomic mass is 9.83. The van der Waals surface area contributed by atoms with Crippen LogP contribution in [0, 0.1) is 5.92 Å². The van der Waals surface area contributed by atoms with Crippen LogP contribution in [0.4, 0.5) is 5.69 Å². The molecule has 0 aromatic heterocycles. The van der Waals surface area contributed by atoms with Crippen LogP contribution in [0.1, 0.15) is 25.7 Å². The van der Waals surface area contributed by atoms with Gasteiger partial charge in [0.1, 0.15) is 0 Å². The summed E-state index contributed by atoms with van der Waals surface area (Å²) in [5.41, 5.74) is 6.39. The number of hydrogen-bond acceptors (Lipinski definition) is 4. The molecule has 0 amide bonds. The molecule has 1 aliphatic carbocycles. The van der Waals surface area contributed by atoms with Crippen molar-refractivity contribution < 1.29 is 8.42 Å². The Kier molecular flexibility index (Phi) is 5.74. The fourth-order valence-electron chi connectivity index (χ4n) is 2.15. The van der Waals surface area contributed by atoms with Crippen molar-refractivity contribution in [3.63, 3.8) is 0 Å². The van der Waals surface area contributed by atoms with E-state index in [2.05, 4.69) is 4.72 Å². The number of anilines is 1. The molecule has 0 saturated heterocycles. The summed E-state index contributed by atoms with van der Waals surface area (Å²) < 4.78 is 26.3. The minimum atomic E-state index is -3.14. The third kappa shape index (κ3) is 5.34. The molecule has 20 heavy (non-hydrogen) atoms. The van der Waals surface area contributed by atoms with Gasteiger partial charge in [0, 0.05) is 22.9 Å². The van der Waals surface area contributed by atoms with Crippen LogP contribution >= 0.6 is 11.8 Å². The van der Waals surface area contributed by atoms with Crippen molar-refractivity contribution >= 4 is 27.5 Å². The molecule has 1 saturated carbocycles. The van der Waals surface area contributed by atoms with Gasteiger partial charge in [0.05, 0.1) is 5.75 Å². The lowest BCUT2D eigenvalue weighted by molar-refractivity contribution is 0.297. The number of nitrogen functional groups attached to an aromatic ring is 1.